The molecule has 0 fully saturated rings. The van der Waals surface area contributed by atoms with Crippen LogP contribution in [0.3, 0.4) is 0 Å². The molecule has 0 bridgehead atoms. The fraction of sp³-hybridized carbons (Fsp3) is 0.0492. The predicted octanol–water partition coefficient (Wildman–Crippen LogP) is 17.6. The van der Waals surface area contributed by atoms with E-state index in [1.807, 2.05) is 6.07 Å². The van der Waals surface area contributed by atoms with Gasteiger partial charge in [0.25, 0.3) is 0 Å². The molecule has 0 unspecified atom stereocenters. The molecule has 308 valence electrons. The number of anilines is 6. The first-order chi connectivity index (χ1) is 32.0. The normalized spacial score (nSPS) is 12.9. The minimum absolute atomic E-state index is 0.187. The maximum Gasteiger partial charge on any atom is 0.159 e. The summed E-state index contributed by atoms with van der Waals surface area (Å²) in [7, 11) is 0. The van der Waals surface area contributed by atoms with E-state index >= 15 is 0 Å². The van der Waals surface area contributed by atoms with Crippen LogP contribution in [0, 0.1) is 0 Å². The van der Waals surface area contributed by atoms with Gasteiger partial charge < -0.3 is 18.6 Å². The molecule has 0 amide bonds. The molecule has 2 aromatic heterocycles. The summed E-state index contributed by atoms with van der Waals surface area (Å²) in [6, 6.07) is 78.3. The SMILES string of the molecule is CC1(C)c2ccccc2-c2ccc(N(c3ccccc3)c3cc(N(c4ccccc4)c4ccc(-c5ccccc5)cc4)cc4c3oc3ccc5ccc6c7ccccc7oc6c5c34)cc21. The predicted molar refractivity (Wildman–Crippen MR) is 271 cm³/mol. The molecule has 0 saturated heterocycles. The average Bonchev–Trinajstić information content (AvgIpc) is 4.01. The molecule has 10 aromatic carbocycles. The summed E-state index contributed by atoms with van der Waals surface area (Å²) in [5.41, 5.74) is 16.8. The van der Waals surface area contributed by atoms with E-state index in [0.717, 1.165) is 94.3 Å². The van der Waals surface area contributed by atoms with Crippen LogP contribution in [0.5, 0.6) is 0 Å². The first-order valence-electron chi connectivity index (χ1n) is 22.3. The largest absolute Gasteiger partial charge is 0.455 e. The quantitative estimate of drug-likeness (QED) is 0.160. The van der Waals surface area contributed by atoms with Crippen molar-refractivity contribution in [2.24, 2.45) is 0 Å². The summed E-state index contributed by atoms with van der Waals surface area (Å²) in [6.45, 7) is 4.69. The summed E-state index contributed by atoms with van der Waals surface area (Å²) >= 11 is 0. The summed E-state index contributed by atoms with van der Waals surface area (Å²) in [6.07, 6.45) is 0. The minimum atomic E-state index is -0.187. The molecule has 0 saturated carbocycles. The Morgan fingerprint density at radius 3 is 1.74 bits per heavy atom. The number of rotatable bonds is 7. The van der Waals surface area contributed by atoms with Crippen LogP contribution < -0.4 is 9.80 Å². The molecule has 0 atom stereocenters. The van der Waals surface area contributed by atoms with E-state index in [1.54, 1.807) is 0 Å². The van der Waals surface area contributed by atoms with E-state index in [4.69, 9.17) is 8.83 Å². The van der Waals surface area contributed by atoms with E-state index in [9.17, 15) is 0 Å². The van der Waals surface area contributed by atoms with Crippen molar-refractivity contribution in [3.8, 4) is 22.3 Å². The van der Waals surface area contributed by atoms with Crippen LogP contribution in [0.25, 0.3) is 76.9 Å². The molecule has 12 aromatic rings. The van der Waals surface area contributed by atoms with Gasteiger partial charge in [-0.25, -0.2) is 0 Å². The summed E-state index contributed by atoms with van der Waals surface area (Å²) in [5.74, 6) is 0. The third-order valence-electron chi connectivity index (χ3n) is 13.6. The van der Waals surface area contributed by atoms with E-state index in [0.29, 0.717) is 0 Å². The second kappa shape index (κ2) is 14.3. The highest BCUT2D eigenvalue weighted by atomic mass is 16.3. The van der Waals surface area contributed by atoms with Gasteiger partial charge in [-0.1, -0.05) is 153 Å². The van der Waals surface area contributed by atoms with E-state index in [2.05, 4.69) is 236 Å². The van der Waals surface area contributed by atoms with Crippen LogP contribution in [0.15, 0.2) is 227 Å². The highest BCUT2D eigenvalue weighted by Crippen LogP contribution is 2.53. The zero-order valence-corrected chi connectivity index (χ0v) is 36.0. The van der Waals surface area contributed by atoms with Gasteiger partial charge in [-0.2, -0.15) is 0 Å². The van der Waals surface area contributed by atoms with Crippen molar-refractivity contribution in [3.63, 3.8) is 0 Å². The fourth-order valence-corrected chi connectivity index (χ4v) is 10.5. The number of furan rings is 2. The molecule has 65 heavy (non-hydrogen) atoms. The third-order valence-corrected chi connectivity index (χ3v) is 13.6. The number of benzene rings is 10. The van der Waals surface area contributed by atoms with Gasteiger partial charge in [-0.3, -0.25) is 0 Å². The van der Waals surface area contributed by atoms with Crippen LogP contribution in [0.4, 0.5) is 34.1 Å². The Labute approximate surface area is 376 Å². The molecule has 2 heterocycles. The van der Waals surface area contributed by atoms with E-state index in [1.165, 1.54) is 27.8 Å². The van der Waals surface area contributed by atoms with Crippen molar-refractivity contribution >= 4 is 88.8 Å². The van der Waals surface area contributed by atoms with Gasteiger partial charge in [0.2, 0.25) is 0 Å². The van der Waals surface area contributed by atoms with Crippen LogP contribution in [0.1, 0.15) is 25.0 Å². The van der Waals surface area contributed by atoms with Crippen molar-refractivity contribution < 1.29 is 8.83 Å². The highest BCUT2D eigenvalue weighted by molar-refractivity contribution is 6.29. The Balaban J connectivity index is 1.13. The lowest BCUT2D eigenvalue weighted by atomic mass is 9.82. The number of hydrogen-bond acceptors (Lipinski definition) is 4. The summed E-state index contributed by atoms with van der Waals surface area (Å²) < 4.78 is 14.0. The fourth-order valence-electron chi connectivity index (χ4n) is 10.5. The summed E-state index contributed by atoms with van der Waals surface area (Å²) in [4.78, 5) is 4.75. The molecule has 0 radical (unpaired) electrons. The van der Waals surface area contributed by atoms with E-state index in [-0.39, 0.29) is 5.41 Å². The molecule has 4 nitrogen and oxygen atoms in total. The maximum absolute atomic E-state index is 7.23. The second-order valence-corrected chi connectivity index (χ2v) is 17.7. The third kappa shape index (κ3) is 5.77. The molecule has 1 aliphatic carbocycles. The van der Waals surface area contributed by atoms with Crippen molar-refractivity contribution in [1.29, 1.82) is 0 Å². The lowest BCUT2D eigenvalue weighted by Crippen LogP contribution is -2.17. The topological polar surface area (TPSA) is 32.8 Å². The highest BCUT2D eigenvalue weighted by Gasteiger charge is 2.36. The molecule has 1 aliphatic rings. The number of nitrogens with zero attached hydrogens (tertiary/aromatic N) is 2. The minimum Gasteiger partial charge on any atom is -0.455 e. The van der Waals surface area contributed by atoms with Gasteiger partial charge in [0.1, 0.15) is 16.7 Å². The lowest BCUT2D eigenvalue weighted by molar-refractivity contribution is 0.660. The standard InChI is InChI=1S/C61H42N2O2/c1-61(2)52-24-14-12-22-47(52)48-34-32-45(37-53(48)61)63(43-20-10-5-11-21-43)54-38-46(62(42-18-8-4-9-19-42)44-30-26-40(27-31-44)39-16-6-3-7-17-39)36-51-58-56(65-59(51)54)35-29-41-28-33-50-49-23-13-15-25-55(49)64-60(50)57(41)58/h3-38H,1-2H3. The van der Waals surface area contributed by atoms with Crippen molar-refractivity contribution in [2.75, 3.05) is 9.80 Å². The van der Waals surface area contributed by atoms with E-state index < -0.39 is 0 Å². The monoisotopic (exact) mass is 834 g/mol. The van der Waals surface area contributed by atoms with Gasteiger partial charge in [0.05, 0.1) is 5.69 Å². The molecule has 0 aliphatic heterocycles. The number of para-hydroxylation sites is 3. The Hall–Kier alpha value is -8.34. The van der Waals surface area contributed by atoms with Crippen LogP contribution in [-0.4, -0.2) is 0 Å². The zero-order chi connectivity index (χ0) is 43.2. The van der Waals surface area contributed by atoms with Crippen molar-refractivity contribution in [1.82, 2.24) is 0 Å². The average molecular weight is 835 g/mol. The smallest absolute Gasteiger partial charge is 0.159 e. The van der Waals surface area contributed by atoms with Crippen LogP contribution >= 0.6 is 0 Å². The van der Waals surface area contributed by atoms with Crippen LogP contribution in [0.2, 0.25) is 0 Å². The molecule has 13 rings (SSSR count). The first kappa shape index (κ1) is 37.2. The molecular formula is C61H42N2O2. The second-order valence-electron chi connectivity index (χ2n) is 17.7. The molecular weight excluding hydrogens is 793 g/mol. The molecule has 4 heteroatoms. The first-order valence-corrected chi connectivity index (χ1v) is 22.3. The Kier molecular flexibility index (Phi) is 8.22. The summed E-state index contributed by atoms with van der Waals surface area (Å²) in [5, 5.41) is 6.35. The maximum atomic E-state index is 7.23. The zero-order valence-electron chi connectivity index (χ0n) is 36.0. The van der Waals surface area contributed by atoms with Gasteiger partial charge in [0, 0.05) is 60.8 Å². The van der Waals surface area contributed by atoms with Gasteiger partial charge >= 0.3 is 0 Å². The van der Waals surface area contributed by atoms with Crippen LogP contribution in [-0.2, 0) is 5.41 Å². The van der Waals surface area contributed by atoms with Crippen molar-refractivity contribution in [3.05, 3.63) is 230 Å². The van der Waals surface area contributed by atoms with Crippen molar-refractivity contribution in [2.45, 2.75) is 19.3 Å². The molecule has 0 N–H and O–H groups in total. The Morgan fingerprint density at radius 1 is 0.354 bits per heavy atom. The van der Waals surface area contributed by atoms with Gasteiger partial charge in [-0.15, -0.1) is 0 Å². The Bertz CT molecular complexity index is 3790. The van der Waals surface area contributed by atoms with Gasteiger partial charge in [0.15, 0.2) is 5.58 Å². The number of fused-ring (bicyclic) bond motifs is 12. The van der Waals surface area contributed by atoms with Gasteiger partial charge in [-0.05, 0) is 118 Å². The molecule has 0 spiro atoms. The lowest BCUT2D eigenvalue weighted by Gasteiger charge is -2.30. The number of hydrogen-bond donors (Lipinski definition) is 0. The Morgan fingerprint density at radius 2 is 0.954 bits per heavy atom.